The summed E-state index contributed by atoms with van der Waals surface area (Å²) in [5, 5.41) is 8.76. The summed E-state index contributed by atoms with van der Waals surface area (Å²) in [7, 11) is 1.63. The normalized spacial score (nSPS) is 10.6. The van der Waals surface area contributed by atoms with Gasteiger partial charge in [0.2, 0.25) is 0 Å². The van der Waals surface area contributed by atoms with Crippen molar-refractivity contribution in [2.45, 2.75) is 5.33 Å². The Bertz CT molecular complexity index is 542. The summed E-state index contributed by atoms with van der Waals surface area (Å²) in [5.41, 5.74) is 1.75. The smallest absolute Gasteiger partial charge is 0.135 e. The molecule has 0 aliphatic carbocycles. The summed E-state index contributed by atoms with van der Waals surface area (Å²) >= 11 is 10.3. The van der Waals surface area contributed by atoms with Gasteiger partial charge in [-0.3, -0.25) is 0 Å². The number of ether oxygens (including phenoxy) is 1. The third-order valence-electron chi connectivity index (χ3n) is 2.15. The Morgan fingerprint density at radius 3 is 2.65 bits per heavy atom. The predicted molar refractivity (Wildman–Crippen MR) is 75.9 cm³/mol. The van der Waals surface area contributed by atoms with Gasteiger partial charge in [0.1, 0.15) is 5.75 Å². The zero-order valence-electron chi connectivity index (χ0n) is 8.82. The van der Waals surface area contributed by atoms with E-state index in [1.165, 1.54) is 0 Å². The molecule has 4 nitrogen and oxygen atoms in total. The molecule has 0 spiro atoms. The number of hydrogen-bond acceptors (Lipinski definition) is 3. The van der Waals surface area contributed by atoms with Gasteiger partial charge >= 0.3 is 0 Å². The molecule has 0 N–H and O–H groups in total. The Morgan fingerprint density at radius 1 is 1.29 bits per heavy atom. The zero-order chi connectivity index (χ0) is 12.4. The maximum Gasteiger partial charge on any atom is 0.135 e. The average molecular weight is 426 g/mol. The molecule has 0 aliphatic heterocycles. The van der Waals surface area contributed by atoms with Gasteiger partial charge < -0.3 is 4.74 Å². The SMILES string of the molecule is COc1cc(-n2cc(CBr)nn2)c(Br)cc1Br. The minimum Gasteiger partial charge on any atom is -0.495 e. The van der Waals surface area contributed by atoms with Crippen molar-refractivity contribution in [3.05, 3.63) is 33.0 Å². The van der Waals surface area contributed by atoms with Crippen LogP contribution in [0.3, 0.4) is 0 Å². The first kappa shape index (κ1) is 13.0. The third-order valence-corrected chi connectivity index (χ3v) is 3.98. The van der Waals surface area contributed by atoms with E-state index in [1.54, 1.807) is 11.8 Å². The largest absolute Gasteiger partial charge is 0.495 e. The molecule has 0 radical (unpaired) electrons. The number of alkyl halides is 1. The highest BCUT2D eigenvalue weighted by molar-refractivity contribution is 9.11. The predicted octanol–water partition coefficient (Wildman–Crippen LogP) is 3.70. The monoisotopic (exact) mass is 423 g/mol. The quantitative estimate of drug-likeness (QED) is 0.704. The van der Waals surface area contributed by atoms with E-state index in [4.69, 9.17) is 4.74 Å². The van der Waals surface area contributed by atoms with Gasteiger partial charge in [-0.1, -0.05) is 21.1 Å². The molecular formula is C10H8Br3N3O. The number of benzene rings is 1. The van der Waals surface area contributed by atoms with Gasteiger partial charge in [-0.05, 0) is 37.9 Å². The lowest BCUT2D eigenvalue weighted by atomic mass is 10.3. The molecule has 0 saturated heterocycles. The van der Waals surface area contributed by atoms with E-state index >= 15 is 0 Å². The lowest BCUT2D eigenvalue weighted by molar-refractivity contribution is 0.411. The van der Waals surface area contributed by atoms with E-state index in [2.05, 4.69) is 58.1 Å². The molecule has 0 bridgehead atoms. The molecule has 0 unspecified atom stereocenters. The number of rotatable bonds is 3. The number of methoxy groups -OCH3 is 1. The van der Waals surface area contributed by atoms with E-state index in [0.717, 1.165) is 26.1 Å². The summed E-state index contributed by atoms with van der Waals surface area (Å²) in [6, 6.07) is 3.81. The van der Waals surface area contributed by atoms with Crippen LogP contribution in [-0.2, 0) is 5.33 Å². The van der Waals surface area contributed by atoms with Crippen molar-refractivity contribution in [1.29, 1.82) is 0 Å². The van der Waals surface area contributed by atoms with Crippen LogP contribution in [0.25, 0.3) is 5.69 Å². The Morgan fingerprint density at radius 2 is 2.06 bits per heavy atom. The summed E-state index contributed by atoms with van der Waals surface area (Å²) in [4.78, 5) is 0. The second kappa shape index (κ2) is 5.49. The van der Waals surface area contributed by atoms with Gasteiger partial charge in [-0.15, -0.1) is 5.10 Å². The zero-order valence-corrected chi connectivity index (χ0v) is 13.6. The number of hydrogen-bond donors (Lipinski definition) is 0. The Balaban J connectivity index is 2.50. The minimum absolute atomic E-state index is 0.679. The summed E-state index contributed by atoms with van der Waals surface area (Å²) in [6.45, 7) is 0. The molecule has 17 heavy (non-hydrogen) atoms. The molecule has 90 valence electrons. The summed E-state index contributed by atoms with van der Waals surface area (Å²) < 4.78 is 8.76. The first-order valence-electron chi connectivity index (χ1n) is 4.66. The molecule has 0 aliphatic rings. The van der Waals surface area contributed by atoms with Crippen LogP contribution < -0.4 is 4.74 Å². The van der Waals surface area contributed by atoms with Crippen LogP contribution in [0.4, 0.5) is 0 Å². The fourth-order valence-electron chi connectivity index (χ4n) is 1.33. The fraction of sp³-hybridized carbons (Fsp3) is 0.200. The van der Waals surface area contributed by atoms with Gasteiger partial charge in [-0.2, -0.15) is 0 Å². The lowest BCUT2D eigenvalue weighted by Crippen LogP contribution is -1.97. The minimum atomic E-state index is 0.679. The van der Waals surface area contributed by atoms with Crippen LogP contribution in [0.15, 0.2) is 27.3 Å². The average Bonchev–Trinajstić information content (AvgIpc) is 2.78. The molecule has 1 aromatic heterocycles. The van der Waals surface area contributed by atoms with Gasteiger partial charge in [0.25, 0.3) is 0 Å². The van der Waals surface area contributed by atoms with E-state index in [9.17, 15) is 0 Å². The van der Waals surface area contributed by atoms with Gasteiger partial charge in [0.15, 0.2) is 0 Å². The number of halogens is 3. The molecule has 2 aromatic rings. The van der Waals surface area contributed by atoms with E-state index in [0.29, 0.717) is 5.33 Å². The lowest BCUT2D eigenvalue weighted by Gasteiger charge is -2.08. The van der Waals surface area contributed by atoms with Gasteiger partial charge in [0.05, 0.1) is 29.2 Å². The van der Waals surface area contributed by atoms with Crippen molar-refractivity contribution in [3.63, 3.8) is 0 Å². The highest BCUT2D eigenvalue weighted by Crippen LogP contribution is 2.33. The molecule has 7 heteroatoms. The van der Waals surface area contributed by atoms with Crippen molar-refractivity contribution in [3.8, 4) is 11.4 Å². The van der Waals surface area contributed by atoms with Crippen molar-refractivity contribution >= 4 is 47.8 Å². The second-order valence-corrected chi connectivity index (χ2v) is 5.50. The second-order valence-electron chi connectivity index (χ2n) is 3.23. The topological polar surface area (TPSA) is 39.9 Å². The Hall–Kier alpha value is -0.400. The Kier molecular flexibility index (Phi) is 4.22. The molecule has 0 amide bonds. The van der Waals surface area contributed by atoms with Crippen LogP contribution in [-0.4, -0.2) is 22.1 Å². The molecule has 0 saturated carbocycles. The first-order chi connectivity index (χ1) is 8.15. The van der Waals surface area contributed by atoms with E-state index in [1.807, 2.05) is 18.3 Å². The van der Waals surface area contributed by atoms with Gasteiger partial charge in [0, 0.05) is 15.9 Å². The van der Waals surface area contributed by atoms with E-state index in [-0.39, 0.29) is 0 Å². The molecule has 2 rings (SSSR count). The fourth-order valence-corrected chi connectivity index (χ4v) is 2.92. The number of aromatic nitrogens is 3. The molecule has 1 aromatic carbocycles. The van der Waals surface area contributed by atoms with Crippen LogP contribution in [0.2, 0.25) is 0 Å². The Labute approximate surface area is 124 Å². The number of nitrogens with zero attached hydrogens (tertiary/aromatic N) is 3. The highest BCUT2D eigenvalue weighted by Gasteiger charge is 2.10. The summed E-state index contributed by atoms with van der Waals surface area (Å²) in [5.74, 6) is 0.749. The molecular weight excluding hydrogens is 418 g/mol. The summed E-state index contributed by atoms with van der Waals surface area (Å²) in [6.07, 6.45) is 1.86. The van der Waals surface area contributed by atoms with Crippen molar-refractivity contribution in [2.75, 3.05) is 7.11 Å². The molecule has 0 atom stereocenters. The van der Waals surface area contributed by atoms with Crippen molar-refractivity contribution in [1.82, 2.24) is 15.0 Å². The van der Waals surface area contributed by atoms with Crippen LogP contribution >= 0.6 is 47.8 Å². The van der Waals surface area contributed by atoms with Crippen molar-refractivity contribution in [2.24, 2.45) is 0 Å². The standard InChI is InChI=1S/C10H8Br3N3O/c1-17-10-3-9(7(12)2-8(10)13)16-5-6(4-11)14-15-16/h2-3,5H,4H2,1H3. The van der Waals surface area contributed by atoms with Gasteiger partial charge in [-0.25, -0.2) is 4.68 Å². The van der Waals surface area contributed by atoms with Crippen LogP contribution in [0, 0.1) is 0 Å². The maximum absolute atomic E-state index is 5.26. The molecule has 0 fully saturated rings. The highest BCUT2D eigenvalue weighted by atomic mass is 79.9. The van der Waals surface area contributed by atoms with Crippen LogP contribution in [0.5, 0.6) is 5.75 Å². The van der Waals surface area contributed by atoms with E-state index < -0.39 is 0 Å². The molecule has 1 heterocycles. The third kappa shape index (κ3) is 2.71. The van der Waals surface area contributed by atoms with Crippen LogP contribution in [0.1, 0.15) is 5.69 Å². The maximum atomic E-state index is 5.26. The first-order valence-corrected chi connectivity index (χ1v) is 7.37. The van der Waals surface area contributed by atoms with Crippen molar-refractivity contribution < 1.29 is 4.74 Å².